The third-order valence-electron chi connectivity index (χ3n) is 9.75. The number of nitrogen functional groups attached to an aromatic ring is 1. The van der Waals surface area contributed by atoms with Crippen molar-refractivity contribution in [2.75, 3.05) is 18.9 Å². The molecule has 3 aromatic rings. The van der Waals surface area contributed by atoms with Gasteiger partial charge in [-0.1, -0.05) is 55.0 Å². The van der Waals surface area contributed by atoms with E-state index >= 15 is 0 Å². The minimum Gasteiger partial charge on any atom is -0.668 e. The van der Waals surface area contributed by atoms with E-state index in [1.807, 2.05) is 30.4 Å². The summed E-state index contributed by atoms with van der Waals surface area (Å²) < 4.78 is 6.30. The van der Waals surface area contributed by atoms with E-state index in [1.54, 1.807) is 30.6 Å². The summed E-state index contributed by atoms with van der Waals surface area (Å²) in [6.07, 6.45) is 8.54. The van der Waals surface area contributed by atoms with Crippen molar-refractivity contribution in [1.29, 1.82) is 0 Å². The summed E-state index contributed by atoms with van der Waals surface area (Å²) in [7, 11) is 0. The molecule has 1 aromatic carbocycles. The van der Waals surface area contributed by atoms with Crippen LogP contribution in [0.5, 0.6) is 11.5 Å². The van der Waals surface area contributed by atoms with E-state index in [0.29, 0.717) is 31.5 Å². The highest BCUT2D eigenvalue weighted by molar-refractivity contribution is 5.44. The van der Waals surface area contributed by atoms with Gasteiger partial charge in [0.15, 0.2) is 11.5 Å². The number of aliphatic hydroxyl groups excluding tert-OH is 5. The number of aliphatic hydroxyl groups is 5. The van der Waals surface area contributed by atoms with Crippen molar-refractivity contribution in [2.45, 2.75) is 87.6 Å². The number of hydrogen-bond donors (Lipinski definition) is 7. The molecule has 2 heterocycles. The molecule has 2 aliphatic carbocycles. The van der Waals surface area contributed by atoms with Gasteiger partial charge in [-0.2, -0.15) is 11.9 Å². The van der Waals surface area contributed by atoms with Gasteiger partial charge < -0.3 is 46.1 Å². The Bertz CT molecular complexity index is 1530. The van der Waals surface area contributed by atoms with Crippen LogP contribution >= 0.6 is 0 Å². The van der Waals surface area contributed by atoms with Gasteiger partial charge in [-0.25, -0.2) is 4.98 Å². The molecule has 0 radical (unpaired) electrons. The molecule has 2 aliphatic rings. The maximum atomic E-state index is 11.5. The lowest BCUT2D eigenvalue weighted by Crippen LogP contribution is -2.37. The van der Waals surface area contributed by atoms with E-state index in [9.17, 15) is 30.6 Å². The average Bonchev–Trinajstić information content (AvgIpc) is 3.53. The van der Waals surface area contributed by atoms with E-state index in [0.717, 1.165) is 36.1 Å². The number of aromatic hydroxyl groups is 1. The minimum absolute atomic E-state index is 0.0719. The minimum atomic E-state index is -1.25. The second-order valence-corrected chi connectivity index (χ2v) is 13.2. The molecule has 10 heteroatoms. The zero-order valence-corrected chi connectivity index (χ0v) is 27.2. The molecular weight excluding hydrogens is 610 g/mol. The van der Waals surface area contributed by atoms with Crippen LogP contribution < -0.4 is 15.5 Å². The number of rotatable bonds is 12. The Balaban J connectivity index is 1.40. The number of benzene rings is 1. The van der Waals surface area contributed by atoms with Crippen molar-refractivity contribution < 1.29 is 35.4 Å². The zero-order chi connectivity index (χ0) is 34.0. The number of fused-ring (bicyclic) bond motifs is 1. The molecule has 0 bridgehead atoms. The number of allylic oxidation sites excluding steroid dienone is 2. The number of hydrogen-bond acceptors (Lipinski definition) is 9. The number of phenols is 1. The number of nitrogens with zero attached hydrogens (tertiary/aromatic N) is 2. The summed E-state index contributed by atoms with van der Waals surface area (Å²) in [4.78, 5) is 8.52. The van der Waals surface area contributed by atoms with E-state index in [2.05, 4.69) is 21.8 Å². The molecule has 258 valence electrons. The second-order valence-electron chi connectivity index (χ2n) is 13.2. The standard InChI is InChI=1S/C38H48N3O7/c39-37-22-28(13-16-41-37)29(18-30-5-3-15-40-30)21-36(34(47)23-43)48-35-20-27(11-12-31(35)44)26-10-9-25-8-7-24(14-17-42)4-1-2-6-32(45)38(25)33(46)19-26/h3,5,9-13,15-16,20,22,24-26,29,32-34,36,38,42-47H,1-2,4,6,14,17-19,21,23H2,(H2,39,41)/q-1/t24-,25-,26-,29+,32+,33-,34-,36+,38-/m1/s1. The van der Waals surface area contributed by atoms with Gasteiger partial charge in [0.1, 0.15) is 18.0 Å². The highest BCUT2D eigenvalue weighted by Crippen LogP contribution is 2.40. The van der Waals surface area contributed by atoms with Crippen molar-refractivity contribution in [3.63, 3.8) is 0 Å². The lowest BCUT2D eigenvalue weighted by atomic mass is 9.79. The third kappa shape index (κ3) is 9.19. The summed E-state index contributed by atoms with van der Waals surface area (Å²) in [5.74, 6) is 5.81. The fourth-order valence-corrected chi connectivity index (χ4v) is 7.07. The van der Waals surface area contributed by atoms with E-state index in [4.69, 9.17) is 10.5 Å². The SMILES string of the molecule is Nc1cc([C@@H](Cc2ccc[n-]2)C[C@H](Oc2cc([C@@H]3C=C[C@H]4C#C[C@H](CCO)CCCC[C@H](O)[C@@H]4[C@H](O)C3)ccc2O)[C@H](O)CO)ccn1. The van der Waals surface area contributed by atoms with Crippen molar-refractivity contribution in [3.05, 3.63) is 83.8 Å². The predicted molar refractivity (Wildman–Crippen MR) is 182 cm³/mol. The normalized spacial score (nSPS) is 26.3. The van der Waals surface area contributed by atoms with Crippen LogP contribution in [-0.4, -0.2) is 73.3 Å². The number of pyridine rings is 1. The first-order valence-corrected chi connectivity index (χ1v) is 17.0. The first-order chi connectivity index (χ1) is 23.2. The molecule has 9 atom stereocenters. The highest BCUT2D eigenvalue weighted by Gasteiger charge is 2.36. The van der Waals surface area contributed by atoms with Crippen LogP contribution in [0.2, 0.25) is 0 Å². The van der Waals surface area contributed by atoms with E-state index in [-0.39, 0.29) is 48.2 Å². The topological polar surface area (TPSA) is 184 Å². The maximum Gasteiger partial charge on any atom is 0.161 e. The molecule has 0 saturated carbocycles. The van der Waals surface area contributed by atoms with Crippen LogP contribution in [0.4, 0.5) is 5.82 Å². The number of phenolic OH excluding ortho intramolecular Hbond substituents is 1. The van der Waals surface area contributed by atoms with Crippen molar-refractivity contribution in [3.8, 4) is 23.3 Å². The summed E-state index contributed by atoms with van der Waals surface area (Å²) in [5.41, 5.74) is 8.51. The third-order valence-corrected chi connectivity index (χ3v) is 9.75. The Kier molecular flexibility index (Phi) is 12.6. The molecular formula is C38H48N3O7-. The Morgan fingerprint density at radius 1 is 1.02 bits per heavy atom. The van der Waals surface area contributed by atoms with Crippen LogP contribution in [0.1, 0.15) is 73.6 Å². The molecule has 10 nitrogen and oxygen atoms in total. The molecule has 0 unspecified atom stereocenters. The second kappa shape index (κ2) is 17.0. The van der Waals surface area contributed by atoms with Crippen LogP contribution in [0.3, 0.4) is 0 Å². The Labute approximate surface area is 282 Å². The molecule has 2 aromatic heterocycles. The zero-order valence-electron chi connectivity index (χ0n) is 27.2. The molecule has 0 saturated heterocycles. The van der Waals surface area contributed by atoms with Gasteiger partial charge in [0, 0.05) is 36.5 Å². The van der Waals surface area contributed by atoms with Crippen LogP contribution in [0.15, 0.2) is 67.0 Å². The Morgan fingerprint density at radius 2 is 1.85 bits per heavy atom. The highest BCUT2D eigenvalue weighted by atomic mass is 16.5. The molecule has 0 spiro atoms. The van der Waals surface area contributed by atoms with Gasteiger partial charge in [0.25, 0.3) is 0 Å². The van der Waals surface area contributed by atoms with Crippen molar-refractivity contribution >= 4 is 5.82 Å². The van der Waals surface area contributed by atoms with Crippen LogP contribution in [-0.2, 0) is 6.42 Å². The van der Waals surface area contributed by atoms with Crippen LogP contribution in [0, 0.1) is 29.6 Å². The van der Waals surface area contributed by atoms with Gasteiger partial charge in [-0.05, 0) is 79.8 Å². The van der Waals surface area contributed by atoms with E-state index < -0.39 is 36.9 Å². The summed E-state index contributed by atoms with van der Waals surface area (Å²) in [6.45, 7) is -0.476. The fourth-order valence-electron chi connectivity index (χ4n) is 7.07. The van der Waals surface area contributed by atoms with Gasteiger partial charge in [0.2, 0.25) is 0 Å². The lowest BCUT2D eigenvalue weighted by molar-refractivity contribution is -0.00876. The lowest BCUT2D eigenvalue weighted by Gasteiger charge is -2.31. The van der Waals surface area contributed by atoms with Gasteiger partial charge in [-0.15, -0.1) is 0 Å². The molecule has 0 aliphatic heterocycles. The number of aromatic nitrogens is 2. The first-order valence-electron chi connectivity index (χ1n) is 17.0. The Hall–Kier alpha value is -3.85. The summed E-state index contributed by atoms with van der Waals surface area (Å²) in [5, 5.41) is 63.9. The van der Waals surface area contributed by atoms with Crippen LogP contribution in [0.25, 0.3) is 0 Å². The first kappa shape index (κ1) is 35.5. The molecule has 48 heavy (non-hydrogen) atoms. The number of ether oxygens (including phenoxy) is 1. The smallest absolute Gasteiger partial charge is 0.161 e. The average molecular weight is 659 g/mol. The van der Waals surface area contributed by atoms with Crippen molar-refractivity contribution in [1.82, 2.24) is 9.97 Å². The van der Waals surface area contributed by atoms with Gasteiger partial charge >= 0.3 is 0 Å². The van der Waals surface area contributed by atoms with Crippen molar-refractivity contribution in [2.24, 2.45) is 17.8 Å². The monoisotopic (exact) mass is 658 g/mol. The molecule has 8 N–H and O–H groups in total. The van der Waals surface area contributed by atoms with E-state index in [1.165, 1.54) is 6.07 Å². The molecule has 0 fully saturated rings. The molecule has 0 amide bonds. The number of nitrogens with two attached hydrogens (primary N) is 1. The molecule has 5 rings (SSSR count). The van der Waals surface area contributed by atoms with Gasteiger partial charge in [-0.3, -0.25) is 0 Å². The van der Waals surface area contributed by atoms with Gasteiger partial charge in [0.05, 0.1) is 18.8 Å². The quantitative estimate of drug-likeness (QED) is 0.112. The summed E-state index contributed by atoms with van der Waals surface area (Å²) in [6, 6.07) is 12.4. The maximum absolute atomic E-state index is 11.5. The fraction of sp³-hybridized carbons (Fsp3) is 0.500. The summed E-state index contributed by atoms with van der Waals surface area (Å²) >= 11 is 0. The number of anilines is 1. The Morgan fingerprint density at radius 3 is 2.60 bits per heavy atom. The largest absolute Gasteiger partial charge is 0.668 e. The predicted octanol–water partition coefficient (Wildman–Crippen LogP) is 3.42.